The molecule has 116 valence electrons. The van der Waals surface area contributed by atoms with Crippen molar-refractivity contribution in [1.29, 1.82) is 0 Å². The van der Waals surface area contributed by atoms with Gasteiger partial charge in [0.2, 0.25) is 0 Å². The first-order valence-electron chi connectivity index (χ1n) is 7.24. The third kappa shape index (κ3) is 3.43. The van der Waals surface area contributed by atoms with Gasteiger partial charge in [0.25, 0.3) is 0 Å². The summed E-state index contributed by atoms with van der Waals surface area (Å²) in [6, 6.07) is 2.34. The molecule has 0 radical (unpaired) electrons. The lowest BCUT2D eigenvalue weighted by Crippen LogP contribution is -2.32. The second-order valence-electron chi connectivity index (χ2n) is 5.53. The molecule has 1 aliphatic rings. The van der Waals surface area contributed by atoms with Gasteiger partial charge >= 0.3 is 0 Å². The number of nitrogens with two attached hydrogens (primary N) is 1. The van der Waals surface area contributed by atoms with Gasteiger partial charge in [-0.3, -0.25) is 0 Å². The number of hydrogen-bond donors (Lipinski definition) is 2. The third-order valence-corrected chi connectivity index (χ3v) is 4.15. The highest BCUT2D eigenvalue weighted by atomic mass is 19.1. The Morgan fingerprint density at radius 3 is 2.19 bits per heavy atom. The van der Waals surface area contributed by atoms with Gasteiger partial charge in [-0.1, -0.05) is 30.8 Å². The van der Waals surface area contributed by atoms with Crippen molar-refractivity contribution in [3.05, 3.63) is 29.3 Å². The summed E-state index contributed by atoms with van der Waals surface area (Å²) >= 11 is 0. The number of hydrogen-bond acceptors (Lipinski definition) is 3. The molecule has 6 heteroatoms. The van der Waals surface area contributed by atoms with Gasteiger partial charge in [0.05, 0.1) is 0 Å². The Kier molecular flexibility index (Phi) is 4.98. The van der Waals surface area contributed by atoms with Crippen LogP contribution < -0.4 is 10.6 Å². The molecule has 21 heavy (non-hydrogen) atoms. The molecule has 0 bridgehead atoms. The Labute approximate surface area is 123 Å². The highest BCUT2D eigenvalue weighted by Crippen LogP contribution is 2.30. The Bertz CT molecular complexity index is 503. The zero-order valence-corrected chi connectivity index (χ0v) is 12.1. The Hall–Kier alpha value is -1.85. The number of oxime groups is 1. The molecular formula is C15H21F2N3O. The maximum atomic E-state index is 14.2. The van der Waals surface area contributed by atoms with Crippen LogP contribution in [0.3, 0.4) is 0 Å². The van der Waals surface area contributed by atoms with Crippen LogP contribution in [0.4, 0.5) is 14.5 Å². The molecule has 0 saturated heterocycles. The first-order valence-corrected chi connectivity index (χ1v) is 7.24. The summed E-state index contributed by atoms with van der Waals surface area (Å²) in [5, 5.41) is 11.4. The van der Waals surface area contributed by atoms with Crippen molar-refractivity contribution in [3.63, 3.8) is 0 Å². The molecule has 1 aromatic carbocycles. The fourth-order valence-corrected chi connectivity index (χ4v) is 2.94. The molecule has 0 spiro atoms. The molecule has 1 aliphatic carbocycles. The molecule has 0 unspecified atom stereocenters. The van der Waals surface area contributed by atoms with Crippen LogP contribution in [0.25, 0.3) is 0 Å². The van der Waals surface area contributed by atoms with Crippen LogP contribution in [-0.2, 0) is 0 Å². The smallest absolute Gasteiger partial charge is 0.170 e. The number of amidine groups is 1. The zero-order valence-electron chi connectivity index (χ0n) is 12.1. The molecule has 0 aromatic heterocycles. The van der Waals surface area contributed by atoms with Gasteiger partial charge in [0.1, 0.15) is 17.3 Å². The van der Waals surface area contributed by atoms with Gasteiger partial charge < -0.3 is 15.8 Å². The number of nitrogens with zero attached hydrogens (tertiary/aromatic N) is 2. The lowest BCUT2D eigenvalue weighted by Gasteiger charge is -2.30. The van der Waals surface area contributed by atoms with Crippen LogP contribution in [0.1, 0.15) is 44.1 Å². The van der Waals surface area contributed by atoms with Crippen LogP contribution in [0.5, 0.6) is 0 Å². The fraction of sp³-hybridized carbons (Fsp3) is 0.533. The SMILES string of the molecule is CN(c1c(F)cc(C(N)=NO)cc1F)C1CCCCCC1. The minimum Gasteiger partial charge on any atom is -0.409 e. The van der Waals surface area contributed by atoms with E-state index in [-0.39, 0.29) is 23.1 Å². The maximum absolute atomic E-state index is 14.2. The quantitative estimate of drug-likeness (QED) is 0.296. The molecule has 2 rings (SSSR count). The summed E-state index contributed by atoms with van der Waals surface area (Å²) in [4.78, 5) is 1.69. The number of benzene rings is 1. The summed E-state index contributed by atoms with van der Waals surface area (Å²) in [6.45, 7) is 0. The van der Waals surface area contributed by atoms with Crippen LogP contribution in [0.2, 0.25) is 0 Å². The van der Waals surface area contributed by atoms with Crippen molar-refractivity contribution < 1.29 is 14.0 Å². The maximum Gasteiger partial charge on any atom is 0.170 e. The monoisotopic (exact) mass is 297 g/mol. The van der Waals surface area contributed by atoms with Crippen molar-refractivity contribution in [2.45, 2.75) is 44.6 Å². The number of rotatable bonds is 3. The summed E-state index contributed by atoms with van der Waals surface area (Å²) in [5.41, 5.74) is 5.36. The molecular weight excluding hydrogens is 276 g/mol. The Morgan fingerprint density at radius 1 is 1.19 bits per heavy atom. The zero-order chi connectivity index (χ0) is 15.4. The minimum absolute atomic E-state index is 0.0329. The highest BCUT2D eigenvalue weighted by molar-refractivity contribution is 5.97. The largest absolute Gasteiger partial charge is 0.409 e. The predicted octanol–water partition coefficient (Wildman–Crippen LogP) is 3.22. The first-order chi connectivity index (χ1) is 10.0. The van der Waals surface area contributed by atoms with Crippen LogP contribution >= 0.6 is 0 Å². The molecule has 0 aliphatic heterocycles. The first kappa shape index (κ1) is 15.5. The number of halogens is 2. The van der Waals surface area contributed by atoms with E-state index in [0.29, 0.717) is 0 Å². The molecule has 1 saturated carbocycles. The van der Waals surface area contributed by atoms with Crippen LogP contribution in [0.15, 0.2) is 17.3 Å². The van der Waals surface area contributed by atoms with E-state index in [9.17, 15) is 8.78 Å². The van der Waals surface area contributed by atoms with Crippen molar-refractivity contribution >= 4 is 11.5 Å². The van der Waals surface area contributed by atoms with Crippen molar-refractivity contribution in [2.75, 3.05) is 11.9 Å². The van der Waals surface area contributed by atoms with E-state index in [1.807, 2.05) is 0 Å². The van der Waals surface area contributed by atoms with Gasteiger partial charge in [-0.05, 0) is 25.0 Å². The Morgan fingerprint density at radius 2 is 1.71 bits per heavy atom. The van der Waals surface area contributed by atoms with Gasteiger partial charge in [0.15, 0.2) is 5.84 Å². The Balaban J connectivity index is 2.30. The molecule has 3 N–H and O–H groups in total. The van der Waals surface area contributed by atoms with Crippen molar-refractivity contribution in [1.82, 2.24) is 0 Å². The van der Waals surface area contributed by atoms with E-state index in [1.54, 1.807) is 11.9 Å². The third-order valence-electron chi connectivity index (χ3n) is 4.15. The van der Waals surface area contributed by atoms with Gasteiger partial charge in [-0.15, -0.1) is 0 Å². The lowest BCUT2D eigenvalue weighted by atomic mass is 10.1. The lowest BCUT2D eigenvalue weighted by molar-refractivity contribution is 0.318. The summed E-state index contributed by atoms with van der Waals surface area (Å²) in [7, 11) is 1.72. The van der Waals surface area contributed by atoms with Crippen LogP contribution in [0, 0.1) is 11.6 Å². The second-order valence-corrected chi connectivity index (χ2v) is 5.53. The fourth-order valence-electron chi connectivity index (χ4n) is 2.94. The highest BCUT2D eigenvalue weighted by Gasteiger charge is 2.23. The topological polar surface area (TPSA) is 61.8 Å². The molecule has 0 heterocycles. The molecule has 1 aromatic rings. The molecule has 1 fully saturated rings. The standard InChI is InChI=1S/C15H21F2N3O/c1-20(11-6-4-2-3-5-7-11)14-12(16)8-10(9-13(14)17)15(18)19-21/h8-9,11,21H,2-7H2,1H3,(H2,18,19). The van der Waals surface area contributed by atoms with E-state index in [1.165, 1.54) is 12.8 Å². The summed E-state index contributed by atoms with van der Waals surface area (Å²) < 4.78 is 28.5. The van der Waals surface area contributed by atoms with E-state index in [4.69, 9.17) is 10.9 Å². The van der Waals surface area contributed by atoms with Crippen LogP contribution in [-0.4, -0.2) is 24.1 Å². The minimum atomic E-state index is -0.691. The van der Waals surface area contributed by atoms with Gasteiger partial charge in [0, 0.05) is 18.7 Å². The summed E-state index contributed by atoms with van der Waals surface area (Å²) in [5.74, 6) is -1.69. The van der Waals surface area contributed by atoms with E-state index in [2.05, 4.69) is 5.16 Å². The van der Waals surface area contributed by atoms with E-state index in [0.717, 1.165) is 37.8 Å². The van der Waals surface area contributed by atoms with E-state index < -0.39 is 11.6 Å². The second kappa shape index (κ2) is 6.74. The average molecular weight is 297 g/mol. The van der Waals surface area contributed by atoms with E-state index >= 15 is 0 Å². The average Bonchev–Trinajstić information content (AvgIpc) is 2.74. The van der Waals surface area contributed by atoms with Gasteiger partial charge in [-0.2, -0.15) is 0 Å². The number of anilines is 1. The summed E-state index contributed by atoms with van der Waals surface area (Å²) in [6.07, 6.45) is 6.41. The molecule has 4 nitrogen and oxygen atoms in total. The van der Waals surface area contributed by atoms with Gasteiger partial charge in [-0.25, -0.2) is 8.78 Å². The molecule has 0 atom stereocenters. The van der Waals surface area contributed by atoms with Crippen molar-refractivity contribution in [3.8, 4) is 0 Å². The normalized spacial score (nSPS) is 17.6. The molecule has 0 amide bonds. The van der Waals surface area contributed by atoms with Crippen molar-refractivity contribution in [2.24, 2.45) is 10.9 Å². The predicted molar refractivity (Wildman–Crippen MR) is 78.8 cm³/mol.